The normalized spacial score (nSPS) is 20.8. The van der Waals surface area contributed by atoms with E-state index in [1.165, 1.54) is 16.7 Å². The van der Waals surface area contributed by atoms with Crippen LogP contribution in [0.2, 0.25) is 0 Å². The third-order valence-electron chi connectivity index (χ3n) is 5.66. The average Bonchev–Trinajstić information content (AvgIpc) is 2.44. The van der Waals surface area contributed by atoms with Crippen LogP contribution in [0.5, 0.6) is 0 Å². The fourth-order valence-electron chi connectivity index (χ4n) is 3.69. The van der Waals surface area contributed by atoms with Crippen molar-refractivity contribution in [2.45, 2.75) is 52.3 Å². The second kappa shape index (κ2) is 4.19. The lowest BCUT2D eigenvalue weighted by atomic mass is 9.55. The Morgan fingerprint density at radius 1 is 1.05 bits per heavy atom. The van der Waals surface area contributed by atoms with E-state index in [4.69, 9.17) is 4.11 Å². The van der Waals surface area contributed by atoms with Gasteiger partial charge in [0.1, 0.15) is 7.05 Å². The Hall–Kier alpha value is -1.63. The number of pyridine rings is 1. The molecule has 1 heterocycles. The molecule has 1 heteroatoms. The van der Waals surface area contributed by atoms with Gasteiger partial charge in [-0.05, 0) is 36.4 Å². The minimum atomic E-state index is -2.10. The van der Waals surface area contributed by atoms with Gasteiger partial charge in [-0.2, -0.15) is 0 Å². The van der Waals surface area contributed by atoms with Crippen LogP contribution in [-0.2, 0) is 17.9 Å². The molecule has 0 saturated carbocycles. The summed E-state index contributed by atoms with van der Waals surface area (Å²) in [5, 5.41) is 0. The van der Waals surface area contributed by atoms with E-state index in [1.807, 2.05) is 17.7 Å². The maximum absolute atomic E-state index is 7.82. The van der Waals surface area contributed by atoms with Gasteiger partial charge in [-0.3, -0.25) is 0 Å². The molecule has 0 fully saturated rings. The summed E-state index contributed by atoms with van der Waals surface area (Å²) in [7, 11) is 1.96. The van der Waals surface area contributed by atoms with Crippen LogP contribution in [0.4, 0.5) is 0 Å². The maximum atomic E-state index is 7.82. The SMILES string of the molecule is [2H]C([2H])([2H])c1cc2c([n+](C)c1)-c1c(C)cccc1C(C)(C)C2(C)C. The van der Waals surface area contributed by atoms with Gasteiger partial charge in [0.15, 0.2) is 6.20 Å². The molecule has 0 amide bonds. The van der Waals surface area contributed by atoms with Gasteiger partial charge >= 0.3 is 0 Å². The summed E-state index contributed by atoms with van der Waals surface area (Å²) < 4.78 is 25.5. The lowest BCUT2D eigenvalue weighted by Crippen LogP contribution is -2.48. The summed E-state index contributed by atoms with van der Waals surface area (Å²) in [5.41, 5.74) is 6.20. The molecule has 2 aromatic rings. The Morgan fingerprint density at radius 3 is 2.38 bits per heavy atom. The van der Waals surface area contributed by atoms with E-state index in [2.05, 4.69) is 52.8 Å². The van der Waals surface area contributed by atoms with Gasteiger partial charge in [-0.15, -0.1) is 0 Å². The third kappa shape index (κ3) is 1.73. The quantitative estimate of drug-likeness (QED) is 0.632. The van der Waals surface area contributed by atoms with Crippen LogP contribution in [0.25, 0.3) is 11.3 Å². The summed E-state index contributed by atoms with van der Waals surface area (Å²) in [4.78, 5) is 0. The van der Waals surface area contributed by atoms with Crippen molar-refractivity contribution in [3.05, 3.63) is 52.7 Å². The molecule has 0 spiro atoms. The lowest BCUT2D eigenvalue weighted by Gasteiger charge is -2.47. The van der Waals surface area contributed by atoms with E-state index in [1.54, 1.807) is 6.20 Å². The van der Waals surface area contributed by atoms with Crippen LogP contribution in [0.15, 0.2) is 30.5 Å². The molecule has 21 heavy (non-hydrogen) atoms. The number of nitrogens with zero attached hydrogens (tertiary/aromatic N) is 1. The lowest BCUT2D eigenvalue weighted by molar-refractivity contribution is -0.661. The maximum Gasteiger partial charge on any atom is 0.216 e. The zero-order valence-corrected chi connectivity index (χ0v) is 13.8. The largest absolute Gasteiger partial charge is 0.216 e. The topological polar surface area (TPSA) is 3.88 Å². The van der Waals surface area contributed by atoms with E-state index < -0.39 is 6.85 Å². The second-order valence-electron chi connectivity index (χ2n) is 7.35. The van der Waals surface area contributed by atoms with Crippen molar-refractivity contribution >= 4 is 0 Å². The number of aryl methyl sites for hydroxylation is 3. The Balaban J connectivity index is 2.48. The molecule has 1 aromatic heterocycles. The molecule has 0 unspecified atom stereocenters. The number of rotatable bonds is 0. The first-order valence-corrected chi connectivity index (χ1v) is 7.54. The number of aromatic nitrogens is 1. The van der Waals surface area contributed by atoms with Gasteiger partial charge in [-0.25, -0.2) is 4.57 Å². The van der Waals surface area contributed by atoms with Crippen LogP contribution >= 0.6 is 0 Å². The smallest absolute Gasteiger partial charge is 0.200 e. The number of hydrogen-bond acceptors (Lipinski definition) is 0. The summed E-state index contributed by atoms with van der Waals surface area (Å²) in [6.07, 6.45) is 1.76. The van der Waals surface area contributed by atoms with E-state index in [9.17, 15) is 0 Å². The fourth-order valence-corrected chi connectivity index (χ4v) is 3.69. The Labute approximate surface area is 132 Å². The summed E-state index contributed by atoms with van der Waals surface area (Å²) in [5.74, 6) is 0. The standard InChI is InChI=1S/C20H26N/c1-13-11-16-18(21(7)12-13)17-14(2)9-8-10-15(17)19(3,4)20(16,5)6/h8-12H,1-7H3/q+1/i1D3. The number of hydrogen-bond donors (Lipinski definition) is 0. The van der Waals surface area contributed by atoms with E-state index in [-0.39, 0.29) is 10.8 Å². The molecule has 110 valence electrons. The van der Waals surface area contributed by atoms with Crippen molar-refractivity contribution < 1.29 is 8.68 Å². The molecule has 0 atom stereocenters. The molecule has 0 bridgehead atoms. The van der Waals surface area contributed by atoms with E-state index in [0.29, 0.717) is 5.56 Å². The summed E-state index contributed by atoms with van der Waals surface area (Å²) >= 11 is 0. The highest BCUT2D eigenvalue weighted by Crippen LogP contribution is 2.53. The van der Waals surface area contributed by atoms with Gasteiger partial charge in [0.05, 0.1) is 5.56 Å². The highest BCUT2D eigenvalue weighted by molar-refractivity contribution is 5.75. The van der Waals surface area contributed by atoms with Gasteiger partial charge in [0.2, 0.25) is 5.69 Å². The molecule has 1 nitrogen and oxygen atoms in total. The van der Waals surface area contributed by atoms with Crippen LogP contribution in [0.3, 0.4) is 0 Å². The van der Waals surface area contributed by atoms with Crippen molar-refractivity contribution in [1.82, 2.24) is 0 Å². The number of benzene rings is 1. The predicted octanol–water partition coefficient (Wildman–Crippen LogP) is 4.36. The van der Waals surface area contributed by atoms with Crippen molar-refractivity contribution in [3.8, 4) is 11.3 Å². The van der Waals surface area contributed by atoms with E-state index >= 15 is 0 Å². The molecule has 1 aliphatic rings. The molecule has 0 aliphatic heterocycles. The highest BCUT2D eigenvalue weighted by Gasteiger charge is 2.49. The van der Waals surface area contributed by atoms with E-state index in [0.717, 1.165) is 11.3 Å². The first kappa shape index (κ1) is 11.0. The van der Waals surface area contributed by atoms with Crippen LogP contribution in [-0.4, -0.2) is 0 Å². The average molecular weight is 283 g/mol. The van der Waals surface area contributed by atoms with Crippen molar-refractivity contribution in [3.63, 3.8) is 0 Å². The summed E-state index contributed by atoms with van der Waals surface area (Å²) in [6.45, 7) is 9.00. The van der Waals surface area contributed by atoms with Gasteiger partial charge in [0, 0.05) is 20.7 Å². The first-order chi connectivity index (χ1) is 10.9. The zero-order chi connectivity index (χ0) is 18.1. The predicted molar refractivity (Wildman–Crippen MR) is 88.6 cm³/mol. The molecule has 0 N–H and O–H groups in total. The van der Waals surface area contributed by atoms with Crippen LogP contribution in [0, 0.1) is 13.8 Å². The third-order valence-corrected chi connectivity index (χ3v) is 5.66. The molecule has 1 aromatic carbocycles. The van der Waals surface area contributed by atoms with Gasteiger partial charge < -0.3 is 0 Å². The highest BCUT2D eigenvalue weighted by atomic mass is 14.9. The van der Waals surface area contributed by atoms with Crippen molar-refractivity contribution in [2.75, 3.05) is 0 Å². The number of fused-ring (bicyclic) bond motifs is 3. The van der Waals surface area contributed by atoms with Crippen molar-refractivity contribution in [1.29, 1.82) is 0 Å². The van der Waals surface area contributed by atoms with Crippen LogP contribution in [0.1, 0.15) is 54.1 Å². The van der Waals surface area contributed by atoms with Gasteiger partial charge in [-0.1, -0.05) is 45.9 Å². The molecule has 0 radical (unpaired) electrons. The molecular weight excluding hydrogens is 254 g/mol. The second-order valence-corrected chi connectivity index (χ2v) is 7.35. The zero-order valence-electron chi connectivity index (χ0n) is 16.8. The molecule has 3 rings (SSSR count). The Kier molecular flexibility index (Phi) is 2.20. The summed E-state index contributed by atoms with van der Waals surface area (Å²) in [6, 6.07) is 8.37. The monoisotopic (exact) mass is 283 g/mol. The minimum absolute atomic E-state index is 0.0955. The van der Waals surface area contributed by atoms with Crippen molar-refractivity contribution in [2.24, 2.45) is 7.05 Å². The molecule has 0 saturated heterocycles. The Bertz CT molecular complexity index is 830. The van der Waals surface area contributed by atoms with Gasteiger partial charge in [0.25, 0.3) is 0 Å². The Morgan fingerprint density at radius 2 is 1.71 bits per heavy atom. The fraction of sp³-hybridized carbons (Fsp3) is 0.450. The molecule has 1 aliphatic carbocycles. The first-order valence-electron chi connectivity index (χ1n) is 9.04. The van der Waals surface area contributed by atoms with Crippen LogP contribution < -0.4 is 4.57 Å². The minimum Gasteiger partial charge on any atom is -0.200 e. The molecular formula is C20H26N+.